The minimum Gasteiger partial charge on any atom is -0.324 e. The number of hydrogen-bond acceptors (Lipinski definition) is 10. The maximum atomic E-state index is 13.4. The van der Waals surface area contributed by atoms with Gasteiger partial charge >= 0.3 is 12.4 Å². The first-order chi connectivity index (χ1) is 31.7. The minimum absolute atomic E-state index is 0.0555. The first-order valence-corrected chi connectivity index (χ1v) is 20.7. The Labute approximate surface area is 401 Å². The molecule has 14 nitrogen and oxygen atoms in total. The Bertz CT molecular complexity index is 2740. The zero-order chi connectivity index (χ0) is 50.4. The molecule has 0 aliphatic heterocycles. The maximum Gasteiger partial charge on any atom is 0.416 e. The number of nitrogens with one attached hydrogen (secondary N) is 4. The van der Waals surface area contributed by atoms with Gasteiger partial charge in [0, 0.05) is 32.8 Å². The number of hydrogen-bond donors (Lipinski definition) is 4. The van der Waals surface area contributed by atoms with Crippen LogP contribution in [0.25, 0.3) is 0 Å². The van der Waals surface area contributed by atoms with Gasteiger partial charge in [-0.1, -0.05) is 46.4 Å². The highest BCUT2D eigenvalue weighted by atomic mass is 35.5. The summed E-state index contributed by atoms with van der Waals surface area (Å²) in [5, 5.41) is 24.5. The second kappa shape index (κ2) is 21.5. The first-order valence-electron chi connectivity index (χ1n) is 19.2. The summed E-state index contributed by atoms with van der Waals surface area (Å²) in [5.41, 5.74) is -2.22. The Morgan fingerprint density at radius 2 is 0.853 bits per heavy atom. The molecule has 68 heavy (non-hydrogen) atoms. The van der Waals surface area contributed by atoms with E-state index in [2.05, 4.69) is 41.7 Å². The van der Waals surface area contributed by atoms with Gasteiger partial charge in [0.25, 0.3) is 23.6 Å². The number of amides is 4. The van der Waals surface area contributed by atoms with Crippen LogP contribution in [0.15, 0.2) is 105 Å². The molecule has 0 saturated heterocycles. The SMILES string of the molecule is CC(=O)C(N=Nc1ccc(Cl)c(C(=O)Nc2cc(Cl)cc(C(F)(F)F)c2)c1)C(=O)Nc1cc(C)c(NC(=O)C(N=Nc2ccc(Cl)c(C(=O)Nc3cc(Cl)cc(C(F)(F)F)c3)c2)C(C)=O)cc1C. The van der Waals surface area contributed by atoms with Crippen LogP contribution in [0.3, 0.4) is 0 Å². The van der Waals surface area contributed by atoms with E-state index in [0.29, 0.717) is 35.4 Å². The fraction of sp³-hybridized carbons (Fsp3) is 0.182. The van der Waals surface area contributed by atoms with Crippen LogP contribution < -0.4 is 21.3 Å². The van der Waals surface area contributed by atoms with Gasteiger partial charge in [-0.2, -0.15) is 46.8 Å². The van der Waals surface area contributed by atoms with Gasteiger partial charge in [-0.05, 0) is 124 Å². The van der Waals surface area contributed by atoms with Gasteiger partial charge in [-0.15, -0.1) is 0 Å². The Hall–Kier alpha value is -6.74. The quantitative estimate of drug-likeness (QED) is 0.0484. The lowest BCUT2D eigenvalue weighted by molar-refractivity contribution is -0.138. The Morgan fingerprint density at radius 3 is 1.18 bits per heavy atom. The maximum absolute atomic E-state index is 13.4. The predicted octanol–water partition coefficient (Wildman–Crippen LogP) is 12.8. The molecule has 0 aliphatic carbocycles. The molecule has 24 heteroatoms. The van der Waals surface area contributed by atoms with E-state index in [1.54, 1.807) is 13.8 Å². The molecule has 354 valence electrons. The van der Waals surface area contributed by atoms with Crippen LogP contribution >= 0.6 is 46.4 Å². The van der Waals surface area contributed by atoms with Crippen molar-refractivity contribution in [3.63, 3.8) is 0 Å². The fourth-order valence-corrected chi connectivity index (χ4v) is 6.80. The van der Waals surface area contributed by atoms with Gasteiger partial charge in [0.1, 0.15) is 0 Å². The molecular formula is C44H32Cl4F6N8O6. The molecule has 2 unspecified atom stereocenters. The van der Waals surface area contributed by atoms with Crippen LogP contribution in [-0.2, 0) is 31.5 Å². The van der Waals surface area contributed by atoms with Gasteiger partial charge < -0.3 is 21.3 Å². The summed E-state index contributed by atoms with van der Waals surface area (Å²) in [4.78, 5) is 77.9. The fourth-order valence-electron chi connectivity index (χ4n) is 5.92. The summed E-state index contributed by atoms with van der Waals surface area (Å²) in [7, 11) is 0. The number of azo groups is 2. The minimum atomic E-state index is -4.75. The largest absolute Gasteiger partial charge is 0.416 e. The zero-order valence-corrected chi connectivity index (χ0v) is 38.3. The second-order valence-electron chi connectivity index (χ2n) is 14.6. The van der Waals surface area contributed by atoms with Crippen molar-refractivity contribution in [2.75, 3.05) is 21.3 Å². The van der Waals surface area contributed by atoms with Gasteiger partial charge in [-0.3, -0.25) is 28.8 Å². The van der Waals surface area contributed by atoms with E-state index in [1.807, 2.05) is 0 Å². The number of anilines is 4. The van der Waals surface area contributed by atoms with Crippen molar-refractivity contribution in [3.8, 4) is 0 Å². The van der Waals surface area contributed by atoms with Crippen LogP contribution in [0.2, 0.25) is 20.1 Å². The van der Waals surface area contributed by atoms with E-state index in [9.17, 15) is 55.1 Å². The molecule has 0 heterocycles. The number of nitrogens with zero attached hydrogens (tertiary/aromatic N) is 4. The lowest BCUT2D eigenvalue weighted by Crippen LogP contribution is -2.32. The predicted molar refractivity (Wildman–Crippen MR) is 243 cm³/mol. The van der Waals surface area contributed by atoms with E-state index in [1.165, 1.54) is 36.4 Å². The molecule has 0 saturated carbocycles. The van der Waals surface area contributed by atoms with Crippen LogP contribution in [0.4, 0.5) is 60.5 Å². The highest BCUT2D eigenvalue weighted by Crippen LogP contribution is 2.36. The Balaban J connectivity index is 1.26. The molecule has 0 aromatic heterocycles. The van der Waals surface area contributed by atoms with Crippen molar-refractivity contribution in [1.29, 1.82) is 0 Å². The number of ketones is 2. The number of carbonyl (C=O) groups excluding carboxylic acids is 6. The van der Waals surface area contributed by atoms with Gasteiger partial charge in [0.05, 0.1) is 43.7 Å². The van der Waals surface area contributed by atoms with Crippen molar-refractivity contribution >= 4 is 116 Å². The third kappa shape index (κ3) is 13.7. The van der Waals surface area contributed by atoms with Crippen molar-refractivity contribution in [2.24, 2.45) is 20.5 Å². The topological polar surface area (TPSA) is 200 Å². The summed E-state index contributed by atoms with van der Waals surface area (Å²) in [6.45, 7) is 5.27. The molecular weight excluding hydrogens is 992 g/mol. The Kier molecular flexibility index (Phi) is 16.5. The van der Waals surface area contributed by atoms with E-state index < -0.39 is 70.8 Å². The molecule has 5 aromatic carbocycles. The normalized spacial score (nSPS) is 12.7. The highest BCUT2D eigenvalue weighted by molar-refractivity contribution is 6.35. The lowest BCUT2D eigenvalue weighted by Gasteiger charge is -2.16. The molecule has 0 spiro atoms. The average Bonchev–Trinajstić information content (AvgIpc) is 3.22. The summed E-state index contributed by atoms with van der Waals surface area (Å²) in [6, 6.07) is 11.8. The smallest absolute Gasteiger partial charge is 0.324 e. The first kappa shape index (κ1) is 52.2. The molecule has 0 aliphatic rings. The summed E-state index contributed by atoms with van der Waals surface area (Å²) in [6.07, 6.45) is -9.49. The van der Waals surface area contributed by atoms with Crippen molar-refractivity contribution in [1.82, 2.24) is 0 Å². The van der Waals surface area contributed by atoms with Crippen molar-refractivity contribution in [2.45, 2.75) is 52.1 Å². The summed E-state index contributed by atoms with van der Waals surface area (Å²) >= 11 is 24.0. The monoisotopic (exact) mass is 1020 g/mol. The van der Waals surface area contributed by atoms with E-state index in [-0.39, 0.29) is 65.3 Å². The number of aryl methyl sites for hydroxylation is 2. The van der Waals surface area contributed by atoms with Gasteiger partial charge in [-0.25, -0.2) is 0 Å². The van der Waals surface area contributed by atoms with Crippen LogP contribution in [0.1, 0.15) is 56.8 Å². The molecule has 2 atom stereocenters. The number of Topliss-reactive ketones (excluding diaryl/α,β-unsaturated/α-hetero) is 2. The molecule has 5 aromatic rings. The standard InChI is InChI=1S/C44H32Cl4F6N8O6/c1-19-9-36(58-42(68)38(22(4)64)62-60-28-6-8-34(48)32(18-28)40(66)56-30-14-24(44(52,53)54)12-26(46)16-30)20(2)10-35(19)57-41(67)37(21(3)63)61-59-27-5-7-33(47)31(17-27)39(65)55-29-13-23(43(49,50)51)11-25(45)15-29/h5-18,37-38H,1-4H3,(H,55,65)(H,56,66)(H,57,67)(H,58,68). The second-order valence-corrected chi connectivity index (χ2v) is 16.3. The number of halogens is 10. The Morgan fingerprint density at radius 1 is 0.500 bits per heavy atom. The number of rotatable bonds is 14. The van der Waals surface area contributed by atoms with E-state index >= 15 is 0 Å². The molecule has 0 fully saturated rings. The van der Waals surface area contributed by atoms with Crippen molar-refractivity contribution < 1.29 is 55.1 Å². The number of alkyl halides is 6. The van der Waals surface area contributed by atoms with Gasteiger partial charge in [0.2, 0.25) is 12.1 Å². The molecule has 4 amide bonds. The van der Waals surface area contributed by atoms with Gasteiger partial charge in [0.15, 0.2) is 11.6 Å². The third-order valence-corrected chi connectivity index (χ3v) is 10.4. The molecule has 0 radical (unpaired) electrons. The highest BCUT2D eigenvalue weighted by Gasteiger charge is 2.33. The van der Waals surface area contributed by atoms with E-state index in [4.69, 9.17) is 46.4 Å². The van der Waals surface area contributed by atoms with E-state index in [0.717, 1.165) is 38.1 Å². The summed E-state index contributed by atoms with van der Waals surface area (Å²) < 4.78 is 79.7. The van der Waals surface area contributed by atoms with Crippen LogP contribution in [0.5, 0.6) is 0 Å². The number of carbonyl (C=O) groups is 6. The number of benzene rings is 5. The third-order valence-electron chi connectivity index (χ3n) is 9.29. The van der Waals surface area contributed by atoms with Crippen LogP contribution in [-0.4, -0.2) is 47.3 Å². The average molecular weight is 1020 g/mol. The molecule has 0 bridgehead atoms. The molecule has 4 N–H and O–H groups in total. The van der Waals surface area contributed by atoms with Crippen LogP contribution in [0, 0.1) is 13.8 Å². The lowest BCUT2D eigenvalue weighted by atomic mass is 10.1. The summed E-state index contributed by atoms with van der Waals surface area (Å²) in [5.74, 6) is -5.18. The molecule has 5 rings (SSSR count). The zero-order valence-electron chi connectivity index (χ0n) is 35.3. The van der Waals surface area contributed by atoms with Crippen molar-refractivity contribution in [3.05, 3.63) is 138 Å².